The number of hydrogen-bond acceptors (Lipinski definition) is 5. The van der Waals surface area contributed by atoms with Crippen LogP contribution in [0.5, 0.6) is 0 Å². The molecule has 6 nitrogen and oxygen atoms in total. The molecule has 1 aliphatic rings. The molecule has 0 aliphatic carbocycles. The van der Waals surface area contributed by atoms with E-state index in [1.807, 2.05) is 13.8 Å². The summed E-state index contributed by atoms with van der Waals surface area (Å²) in [6.07, 6.45) is 4.91. The molecule has 0 unspecified atom stereocenters. The number of hydrogen-bond donors (Lipinski definition) is 0. The molecular weight excluding hydrogens is 373 g/mol. The molecule has 1 saturated heterocycles. The number of carbonyl (C=O) groups is 1. The molecule has 7 heteroatoms. The molecule has 1 fully saturated rings. The third-order valence-corrected chi connectivity index (χ3v) is 5.24. The standard InChI is InChI=1S/C22H24FN3O3/c1-14(2)18-12-20(29-25-18)22(27)26-10-4-3-5-19(26)21-24-13-17(28-21)11-15-6-8-16(23)9-7-15/h6-9,12-14,19H,3-5,10-11H2,1-2H3/t19-/m0/s1. The first-order valence-electron chi connectivity index (χ1n) is 9.98. The van der Waals surface area contributed by atoms with E-state index < -0.39 is 0 Å². The molecule has 1 aromatic carbocycles. The second-order valence-corrected chi connectivity index (χ2v) is 7.75. The summed E-state index contributed by atoms with van der Waals surface area (Å²) < 4.78 is 24.4. The van der Waals surface area contributed by atoms with E-state index in [0.29, 0.717) is 24.6 Å². The average Bonchev–Trinajstić information content (AvgIpc) is 3.39. The number of aromatic nitrogens is 2. The number of carbonyl (C=O) groups excluding carboxylic acids is 1. The Bertz CT molecular complexity index is 977. The van der Waals surface area contributed by atoms with E-state index in [1.54, 1.807) is 29.3 Å². The van der Waals surface area contributed by atoms with Crippen LogP contribution in [0.2, 0.25) is 0 Å². The van der Waals surface area contributed by atoms with Crippen molar-refractivity contribution < 1.29 is 18.1 Å². The molecule has 2 aromatic heterocycles. The number of benzene rings is 1. The second-order valence-electron chi connectivity index (χ2n) is 7.75. The van der Waals surface area contributed by atoms with Gasteiger partial charge in [0.25, 0.3) is 5.91 Å². The van der Waals surface area contributed by atoms with E-state index in [0.717, 1.165) is 30.5 Å². The van der Waals surface area contributed by atoms with Gasteiger partial charge in [0.05, 0.1) is 11.9 Å². The van der Waals surface area contributed by atoms with E-state index >= 15 is 0 Å². The fraction of sp³-hybridized carbons (Fsp3) is 0.409. The Labute approximate surface area is 168 Å². The van der Waals surface area contributed by atoms with Crippen LogP contribution in [-0.4, -0.2) is 27.5 Å². The van der Waals surface area contributed by atoms with Crippen LogP contribution in [0.3, 0.4) is 0 Å². The quantitative estimate of drug-likeness (QED) is 0.613. The zero-order chi connectivity index (χ0) is 20.4. The Hall–Kier alpha value is -2.96. The number of amides is 1. The van der Waals surface area contributed by atoms with Gasteiger partial charge in [-0.2, -0.15) is 0 Å². The summed E-state index contributed by atoms with van der Waals surface area (Å²) in [5, 5.41) is 4.00. The predicted molar refractivity (Wildman–Crippen MR) is 104 cm³/mol. The van der Waals surface area contributed by atoms with Gasteiger partial charge in [-0.15, -0.1) is 0 Å². The minimum Gasteiger partial charge on any atom is -0.443 e. The van der Waals surface area contributed by atoms with Crippen molar-refractivity contribution in [2.45, 2.75) is 51.5 Å². The normalized spacial score (nSPS) is 17.1. The van der Waals surface area contributed by atoms with Crippen molar-refractivity contribution in [2.75, 3.05) is 6.54 Å². The van der Waals surface area contributed by atoms with Crippen LogP contribution in [0.15, 0.2) is 45.5 Å². The zero-order valence-electron chi connectivity index (χ0n) is 16.6. The van der Waals surface area contributed by atoms with Gasteiger partial charge < -0.3 is 13.8 Å². The first kappa shape index (κ1) is 19.4. The summed E-state index contributed by atoms with van der Waals surface area (Å²) in [5.74, 6) is 1.20. The van der Waals surface area contributed by atoms with Gasteiger partial charge in [0, 0.05) is 19.0 Å². The molecule has 4 rings (SSSR count). The molecule has 0 radical (unpaired) electrons. The van der Waals surface area contributed by atoms with Gasteiger partial charge in [-0.05, 0) is 42.9 Å². The monoisotopic (exact) mass is 397 g/mol. The largest absolute Gasteiger partial charge is 0.443 e. The van der Waals surface area contributed by atoms with E-state index in [1.165, 1.54) is 12.1 Å². The highest BCUT2D eigenvalue weighted by Crippen LogP contribution is 2.32. The molecule has 29 heavy (non-hydrogen) atoms. The van der Waals surface area contributed by atoms with Crippen molar-refractivity contribution in [3.8, 4) is 0 Å². The van der Waals surface area contributed by atoms with E-state index in [4.69, 9.17) is 8.94 Å². The molecule has 1 aliphatic heterocycles. The Kier molecular flexibility index (Phi) is 5.47. The third-order valence-electron chi connectivity index (χ3n) is 5.24. The smallest absolute Gasteiger partial charge is 0.293 e. The molecule has 1 amide bonds. The highest BCUT2D eigenvalue weighted by Gasteiger charge is 2.33. The first-order chi connectivity index (χ1) is 14.0. The van der Waals surface area contributed by atoms with Crippen molar-refractivity contribution in [3.05, 3.63) is 71.0 Å². The van der Waals surface area contributed by atoms with Gasteiger partial charge in [-0.25, -0.2) is 9.37 Å². The van der Waals surface area contributed by atoms with Crippen LogP contribution in [0.4, 0.5) is 4.39 Å². The van der Waals surface area contributed by atoms with Crippen LogP contribution in [-0.2, 0) is 6.42 Å². The van der Waals surface area contributed by atoms with Gasteiger partial charge in [0.1, 0.15) is 17.6 Å². The number of rotatable bonds is 5. The Balaban J connectivity index is 1.52. The molecule has 0 spiro atoms. The highest BCUT2D eigenvalue weighted by molar-refractivity contribution is 5.91. The Morgan fingerprint density at radius 3 is 2.79 bits per heavy atom. The summed E-state index contributed by atoms with van der Waals surface area (Å²) in [5.41, 5.74) is 1.70. The van der Waals surface area contributed by atoms with Gasteiger partial charge in [-0.1, -0.05) is 31.1 Å². The lowest BCUT2D eigenvalue weighted by molar-refractivity contribution is 0.0528. The predicted octanol–water partition coefficient (Wildman–Crippen LogP) is 4.88. The number of piperidine rings is 1. The third kappa shape index (κ3) is 4.23. The Morgan fingerprint density at radius 2 is 2.07 bits per heavy atom. The van der Waals surface area contributed by atoms with E-state index in [-0.39, 0.29) is 29.4 Å². The summed E-state index contributed by atoms with van der Waals surface area (Å²) in [6.45, 7) is 4.63. The molecule has 3 aromatic rings. The lowest BCUT2D eigenvalue weighted by Gasteiger charge is -2.32. The van der Waals surface area contributed by atoms with Gasteiger partial charge >= 0.3 is 0 Å². The summed E-state index contributed by atoms with van der Waals surface area (Å²) in [4.78, 5) is 19.2. The Morgan fingerprint density at radius 1 is 1.28 bits per heavy atom. The second kappa shape index (κ2) is 8.19. The van der Waals surface area contributed by atoms with Gasteiger partial charge in [0.2, 0.25) is 11.7 Å². The lowest BCUT2D eigenvalue weighted by Crippen LogP contribution is -2.38. The van der Waals surface area contributed by atoms with Crippen LogP contribution < -0.4 is 0 Å². The fourth-order valence-corrected chi connectivity index (χ4v) is 3.60. The van der Waals surface area contributed by atoms with Crippen molar-refractivity contribution in [2.24, 2.45) is 0 Å². The minimum atomic E-state index is -0.267. The van der Waals surface area contributed by atoms with Crippen LogP contribution in [0.25, 0.3) is 0 Å². The number of halogens is 1. The van der Waals surface area contributed by atoms with Crippen molar-refractivity contribution >= 4 is 5.91 Å². The fourth-order valence-electron chi connectivity index (χ4n) is 3.60. The van der Waals surface area contributed by atoms with E-state index in [9.17, 15) is 9.18 Å². The van der Waals surface area contributed by atoms with Gasteiger partial charge in [-0.3, -0.25) is 4.79 Å². The van der Waals surface area contributed by atoms with Crippen molar-refractivity contribution in [3.63, 3.8) is 0 Å². The SMILES string of the molecule is CC(C)c1cc(C(=O)N2CCCC[C@H]2c2ncc(Cc3ccc(F)cc3)o2)on1. The van der Waals surface area contributed by atoms with Crippen LogP contribution >= 0.6 is 0 Å². The topological polar surface area (TPSA) is 72.4 Å². The van der Waals surface area contributed by atoms with Crippen molar-refractivity contribution in [1.29, 1.82) is 0 Å². The highest BCUT2D eigenvalue weighted by atomic mass is 19.1. The lowest BCUT2D eigenvalue weighted by atomic mass is 10.0. The molecular formula is C22H24FN3O3. The maximum atomic E-state index is 13.1. The molecule has 0 N–H and O–H groups in total. The number of oxazole rings is 1. The minimum absolute atomic E-state index is 0.188. The first-order valence-corrected chi connectivity index (χ1v) is 9.98. The van der Waals surface area contributed by atoms with Crippen LogP contribution in [0.1, 0.15) is 78.5 Å². The number of likely N-dealkylation sites (tertiary alicyclic amines) is 1. The maximum Gasteiger partial charge on any atom is 0.293 e. The average molecular weight is 397 g/mol. The number of nitrogens with zero attached hydrogens (tertiary/aromatic N) is 3. The van der Waals surface area contributed by atoms with Crippen LogP contribution in [0, 0.1) is 5.82 Å². The van der Waals surface area contributed by atoms with Crippen molar-refractivity contribution in [1.82, 2.24) is 15.0 Å². The molecule has 0 bridgehead atoms. The summed E-state index contributed by atoms with van der Waals surface area (Å²) in [6, 6.07) is 7.79. The maximum absolute atomic E-state index is 13.1. The summed E-state index contributed by atoms with van der Waals surface area (Å²) >= 11 is 0. The zero-order valence-corrected chi connectivity index (χ0v) is 16.6. The molecule has 152 valence electrons. The summed E-state index contributed by atoms with van der Waals surface area (Å²) in [7, 11) is 0. The molecule has 1 atom stereocenters. The van der Waals surface area contributed by atoms with E-state index in [2.05, 4.69) is 10.1 Å². The van der Waals surface area contributed by atoms with Gasteiger partial charge in [0.15, 0.2) is 0 Å². The molecule has 0 saturated carbocycles. The molecule has 3 heterocycles.